The molecule has 0 aliphatic carbocycles. The van der Waals surface area contributed by atoms with Gasteiger partial charge in [-0.3, -0.25) is 0 Å². The van der Waals surface area contributed by atoms with E-state index in [9.17, 15) is 14.4 Å². The first kappa shape index (κ1) is 15.2. The highest BCUT2D eigenvalue weighted by molar-refractivity contribution is 6.02. The van der Waals surface area contributed by atoms with Gasteiger partial charge in [-0.1, -0.05) is 6.07 Å². The van der Waals surface area contributed by atoms with E-state index in [1.807, 2.05) is 0 Å². The molecule has 0 aliphatic rings. The minimum atomic E-state index is -1.36. The van der Waals surface area contributed by atoms with Crippen LogP contribution in [-0.4, -0.2) is 43.2 Å². The van der Waals surface area contributed by atoms with Crippen molar-refractivity contribution in [2.75, 3.05) is 0 Å². The quantitative estimate of drug-likeness (QED) is 0.576. The van der Waals surface area contributed by atoms with Crippen LogP contribution in [0.5, 0.6) is 0 Å². The topological polar surface area (TPSA) is 141 Å². The zero-order valence-electron chi connectivity index (χ0n) is 12.0. The molecular formula is C16H10N2O6. The van der Waals surface area contributed by atoms with E-state index in [-0.39, 0.29) is 16.7 Å². The maximum atomic E-state index is 11.2. The third kappa shape index (κ3) is 2.56. The van der Waals surface area contributed by atoms with Crippen molar-refractivity contribution in [2.45, 2.75) is 0 Å². The summed E-state index contributed by atoms with van der Waals surface area (Å²) in [6, 6.07) is 8.20. The Labute approximate surface area is 134 Å². The zero-order chi connectivity index (χ0) is 17.4. The number of carboxylic acids is 3. The Kier molecular flexibility index (Phi) is 3.49. The number of nitrogens with zero attached hydrogens (tertiary/aromatic N) is 1. The van der Waals surface area contributed by atoms with Crippen LogP contribution in [0, 0.1) is 0 Å². The molecule has 0 radical (unpaired) electrons. The average Bonchev–Trinajstić information content (AvgIpc) is 2.97. The third-order valence-electron chi connectivity index (χ3n) is 3.48. The standard InChI is InChI=1S/C16H10N2O6/c19-14(20)8-2-4-11-12(6-8)18-13(17-11)7-1-3-9(15(21)22)10(5-7)16(23)24/h1-6H,(H,17,18)(H,19,20)(H,21,22)(H,23,24). The summed E-state index contributed by atoms with van der Waals surface area (Å²) in [5.74, 6) is -3.47. The molecule has 0 saturated carbocycles. The number of carbonyl (C=O) groups is 3. The van der Waals surface area contributed by atoms with Crippen LogP contribution in [0.1, 0.15) is 31.1 Å². The van der Waals surface area contributed by atoms with Gasteiger partial charge in [0.25, 0.3) is 0 Å². The summed E-state index contributed by atoms with van der Waals surface area (Å²) in [6.45, 7) is 0. The normalized spacial score (nSPS) is 10.7. The Morgan fingerprint density at radius 2 is 1.54 bits per heavy atom. The first-order valence-electron chi connectivity index (χ1n) is 6.71. The monoisotopic (exact) mass is 326 g/mol. The van der Waals surface area contributed by atoms with Crippen molar-refractivity contribution in [2.24, 2.45) is 0 Å². The molecule has 3 rings (SSSR count). The van der Waals surface area contributed by atoms with Crippen LogP contribution in [0.2, 0.25) is 0 Å². The highest BCUT2D eigenvalue weighted by Crippen LogP contribution is 2.24. The van der Waals surface area contributed by atoms with Crippen molar-refractivity contribution in [3.63, 3.8) is 0 Å². The van der Waals surface area contributed by atoms with Gasteiger partial charge in [0.05, 0.1) is 27.7 Å². The second-order valence-electron chi connectivity index (χ2n) is 4.99. The summed E-state index contributed by atoms with van der Waals surface area (Å²) in [5, 5.41) is 27.2. The van der Waals surface area contributed by atoms with E-state index >= 15 is 0 Å². The van der Waals surface area contributed by atoms with Crippen LogP contribution >= 0.6 is 0 Å². The summed E-state index contributed by atoms with van der Waals surface area (Å²) in [5.41, 5.74) is 0.763. The summed E-state index contributed by atoms with van der Waals surface area (Å²) < 4.78 is 0. The Morgan fingerprint density at radius 1 is 0.833 bits per heavy atom. The highest BCUT2D eigenvalue weighted by atomic mass is 16.4. The molecule has 8 nitrogen and oxygen atoms in total. The molecule has 0 amide bonds. The van der Waals surface area contributed by atoms with Gasteiger partial charge in [-0.2, -0.15) is 0 Å². The number of benzene rings is 2. The molecule has 0 spiro atoms. The Bertz CT molecular complexity index is 1000. The second kappa shape index (κ2) is 5.51. The Morgan fingerprint density at radius 3 is 2.17 bits per heavy atom. The van der Waals surface area contributed by atoms with Gasteiger partial charge in [0, 0.05) is 5.56 Å². The maximum Gasteiger partial charge on any atom is 0.336 e. The minimum Gasteiger partial charge on any atom is -0.478 e. The smallest absolute Gasteiger partial charge is 0.336 e. The van der Waals surface area contributed by atoms with Crippen LogP contribution in [0.25, 0.3) is 22.4 Å². The molecule has 0 unspecified atom stereocenters. The number of rotatable bonds is 4. The number of aromatic carboxylic acids is 3. The third-order valence-corrected chi connectivity index (χ3v) is 3.48. The van der Waals surface area contributed by atoms with Crippen LogP contribution in [0.4, 0.5) is 0 Å². The van der Waals surface area contributed by atoms with Gasteiger partial charge in [0.1, 0.15) is 5.82 Å². The fourth-order valence-electron chi connectivity index (χ4n) is 2.33. The van der Waals surface area contributed by atoms with Crippen molar-refractivity contribution < 1.29 is 29.7 Å². The molecule has 2 aromatic carbocycles. The Balaban J connectivity index is 2.13. The van der Waals surface area contributed by atoms with E-state index in [0.29, 0.717) is 22.4 Å². The lowest BCUT2D eigenvalue weighted by Gasteiger charge is -2.03. The van der Waals surface area contributed by atoms with E-state index < -0.39 is 17.9 Å². The number of H-pyrrole nitrogens is 1. The molecule has 120 valence electrons. The summed E-state index contributed by atoms with van der Waals surface area (Å²) in [7, 11) is 0. The van der Waals surface area contributed by atoms with Crippen LogP contribution < -0.4 is 0 Å². The van der Waals surface area contributed by atoms with Crippen LogP contribution in [0.15, 0.2) is 36.4 Å². The average molecular weight is 326 g/mol. The van der Waals surface area contributed by atoms with Gasteiger partial charge in [0.2, 0.25) is 0 Å². The number of hydrogen-bond donors (Lipinski definition) is 4. The molecular weight excluding hydrogens is 316 g/mol. The predicted molar refractivity (Wildman–Crippen MR) is 82.4 cm³/mol. The SMILES string of the molecule is O=C(O)c1ccc2[nH]c(-c3ccc(C(=O)O)c(C(=O)O)c3)nc2c1. The number of hydrogen-bond acceptors (Lipinski definition) is 4. The molecule has 0 fully saturated rings. The second-order valence-corrected chi connectivity index (χ2v) is 4.99. The summed E-state index contributed by atoms with van der Waals surface area (Å²) in [4.78, 5) is 40.5. The highest BCUT2D eigenvalue weighted by Gasteiger charge is 2.18. The number of fused-ring (bicyclic) bond motifs is 1. The van der Waals surface area contributed by atoms with Crippen molar-refractivity contribution in [1.82, 2.24) is 9.97 Å². The number of nitrogens with one attached hydrogen (secondary N) is 1. The first-order valence-corrected chi connectivity index (χ1v) is 6.71. The molecule has 0 saturated heterocycles. The van der Waals surface area contributed by atoms with Crippen molar-refractivity contribution in [1.29, 1.82) is 0 Å². The predicted octanol–water partition coefficient (Wildman–Crippen LogP) is 2.32. The molecule has 24 heavy (non-hydrogen) atoms. The van der Waals surface area contributed by atoms with Gasteiger partial charge in [-0.15, -0.1) is 0 Å². The van der Waals surface area contributed by atoms with E-state index in [0.717, 1.165) is 0 Å². The van der Waals surface area contributed by atoms with Gasteiger partial charge < -0.3 is 20.3 Å². The van der Waals surface area contributed by atoms with Gasteiger partial charge in [-0.25, -0.2) is 19.4 Å². The summed E-state index contributed by atoms with van der Waals surface area (Å²) >= 11 is 0. The van der Waals surface area contributed by atoms with Crippen molar-refractivity contribution in [3.8, 4) is 11.4 Å². The number of aromatic amines is 1. The molecule has 0 aliphatic heterocycles. The first-order chi connectivity index (χ1) is 11.4. The fourth-order valence-corrected chi connectivity index (χ4v) is 2.33. The van der Waals surface area contributed by atoms with Gasteiger partial charge >= 0.3 is 17.9 Å². The van der Waals surface area contributed by atoms with E-state index in [2.05, 4.69) is 9.97 Å². The minimum absolute atomic E-state index is 0.0769. The van der Waals surface area contributed by atoms with E-state index in [1.54, 1.807) is 6.07 Å². The van der Waals surface area contributed by atoms with E-state index in [4.69, 9.17) is 15.3 Å². The molecule has 1 aromatic heterocycles. The van der Waals surface area contributed by atoms with Crippen molar-refractivity contribution >= 4 is 28.9 Å². The molecule has 3 aromatic rings. The molecule has 1 heterocycles. The lowest BCUT2D eigenvalue weighted by Crippen LogP contribution is -2.08. The Hall–Kier alpha value is -3.68. The lowest BCUT2D eigenvalue weighted by molar-refractivity contribution is 0.0651. The zero-order valence-corrected chi connectivity index (χ0v) is 12.0. The molecule has 8 heteroatoms. The molecule has 4 N–H and O–H groups in total. The maximum absolute atomic E-state index is 11.2. The summed E-state index contributed by atoms with van der Waals surface area (Å²) in [6.07, 6.45) is 0. The number of aromatic nitrogens is 2. The van der Waals surface area contributed by atoms with Crippen LogP contribution in [-0.2, 0) is 0 Å². The number of imidazole rings is 1. The van der Waals surface area contributed by atoms with Crippen LogP contribution in [0.3, 0.4) is 0 Å². The number of carboxylic acid groups (broad SMARTS) is 3. The van der Waals surface area contributed by atoms with E-state index in [1.165, 1.54) is 30.3 Å². The lowest BCUT2D eigenvalue weighted by atomic mass is 10.0. The largest absolute Gasteiger partial charge is 0.478 e. The molecule has 0 bridgehead atoms. The van der Waals surface area contributed by atoms with Gasteiger partial charge in [-0.05, 0) is 30.3 Å². The molecule has 0 atom stereocenters. The van der Waals surface area contributed by atoms with Gasteiger partial charge in [0.15, 0.2) is 0 Å². The van der Waals surface area contributed by atoms with Crippen molar-refractivity contribution in [3.05, 3.63) is 53.1 Å². The fraction of sp³-hybridized carbons (Fsp3) is 0.